The molecule has 1 aromatic rings. The molecule has 1 heterocycles. The van der Waals surface area contributed by atoms with Crippen LogP contribution in [0.25, 0.3) is 0 Å². The quantitative estimate of drug-likeness (QED) is 0.861. The van der Waals surface area contributed by atoms with Crippen LogP contribution < -0.4 is 11.1 Å². The van der Waals surface area contributed by atoms with E-state index < -0.39 is 0 Å². The van der Waals surface area contributed by atoms with Crippen LogP contribution in [-0.2, 0) is 0 Å². The molecule has 2 atom stereocenters. The van der Waals surface area contributed by atoms with Crippen LogP contribution >= 0.6 is 15.9 Å². The fourth-order valence-corrected chi connectivity index (χ4v) is 2.73. The molecule has 0 radical (unpaired) electrons. The molecule has 1 aliphatic rings. The highest BCUT2D eigenvalue weighted by Crippen LogP contribution is 2.25. The lowest BCUT2D eigenvalue weighted by atomic mass is 9.98. The summed E-state index contributed by atoms with van der Waals surface area (Å²) in [5, 5.41) is 3.40. The third kappa shape index (κ3) is 2.46. The van der Waals surface area contributed by atoms with Gasteiger partial charge in [-0.1, -0.05) is 34.1 Å². The van der Waals surface area contributed by atoms with Crippen molar-refractivity contribution in [2.75, 3.05) is 26.7 Å². The number of nitrogens with zero attached hydrogens (tertiary/aromatic N) is 1. The van der Waals surface area contributed by atoms with Crippen LogP contribution in [0.2, 0.25) is 0 Å². The number of nitrogens with two attached hydrogens (primary N) is 1. The van der Waals surface area contributed by atoms with E-state index in [0.29, 0.717) is 6.04 Å². The van der Waals surface area contributed by atoms with E-state index in [-0.39, 0.29) is 6.04 Å². The SMILES string of the molecule is CN1CCNCC1C(N)c1ccccc1Br. The minimum Gasteiger partial charge on any atom is -0.323 e. The Morgan fingerprint density at radius 3 is 2.94 bits per heavy atom. The van der Waals surface area contributed by atoms with Gasteiger partial charge in [0.05, 0.1) is 0 Å². The molecule has 2 rings (SSSR count). The molecule has 1 aromatic carbocycles. The Hall–Kier alpha value is -0.420. The fraction of sp³-hybridized carbons (Fsp3) is 0.500. The van der Waals surface area contributed by atoms with Gasteiger partial charge in [-0.05, 0) is 18.7 Å². The van der Waals surface area contributed by atoms with E-state index in [2.05, 4.69) is 39.3 Å². The lowest BCUT2D eigenvalue weighted by molar-refractivity contribution is 0.174. The number of benzene rings is 1. The molecule has 1 aliphatic heterocycles. The summed E-state index contributed by atoms with van der Waals surface area (Å²) in [6.45, 7) is 3.07. The average Bonchev–Trinajstić information content (AvgIpc) is 2.29. The maximum atomic E-state index is 6.35. The van der Waals surface area contributed by atoms with Crippen molar-refractivity contribution in [3.8, 4) is 0 Å². The summed E-state index contributed by atoms with van der Waals surface area (Å²) >= 11 is 3.56. The molecule has 0 spiro atoms. The van der Waals surface area contributed by atoms with Crippen molar-refractivity contribution in [3.63, 3.8) is 0 Å². The number of likely N-dealkylation sites (N-methyl/N-ethyl adjacent to an activating group) is 1. The fourth-order valence-electron chi connectivity index (χ4n) is 2.18. The molecule has 88 valence electrons. The first kappa shape index (κ1) is 12.0. The van der Waals surface area contributed by atoms with Crippen LogP contribution in [0.4, 0.5) is 0 Å². The first-order valence-corrected chi connectivity index (χ1v) is 6.40. The minimum absolute atomic E-state index is 0.0494. The van der Waals surface area contributed by atoms with Gasteiger partial charge in [-0.3, -0.25) is 4.90 Å². The highest BCUT2D eigenvalue weighted by atomic mass is 79.9. The summed E-state index contributed by atoms with van der Waals surface area (Å²) in [6.07, 6.45) is 0. The normalized spacial score (nSPS) is 24.3. The summed E-state index contributed by atoms with van der Waals surface area (Å²) in [5.41, 5.74) is 7.53. The highest BCUT2D eigenvalue weighted by molar-refractivity contribution is 9.10. The second-order valence-corrected chi connectivity index (χ2v) is 5.15. The zero-order valence-corrected chi connectivity index (χ0v) is 11.1. The smallest absolute Gasteiger partial charge is 0.0476 e. The van der Waals surface area contributed by atoms with Crippen molar-refractivity contribution in [1.29, 1.82) is 0 Å². The van der Waals surface area contributed by atoms with Gasteiger partial charge in [-0.2, -0.15) is 0 Å². The number of piperazine rings is 1. The number of hydrogen-bond donors (Lipinski definition) is 2. The Bertz CT molecular complexity index is 356. The molecule has 0 saturated carbocycles. The largest absolute Gasteiger partial charge is 0.323 e. The molecule has 0 amide bonds. The third-order valence-electron chi connectivity index (χ3n) is 3.24. The van der Waals surface area contributed by atoms with Gasteiger partial charge in [0.1, 0.15) is 0 Å². The Morgan fingerprint density at radius 2 is 2.25 bits per heavy atom. The van der Waals surface area contributed by atoms with E-state index in [0.717, 1.165) is 24.1 Å². The number of hydrogen-bond acceptors (Lipinski definition) is 3. The van der Waals surface area contributed by atoms with E-state index in [9.17, 15) is 0 Å². The highest BCUT2D eigenvalue weighted by Gasteiger charge is 2.26. The second-order valence-electron chi connectivity index (χ2n) is 4.30. The molecule has 3 nitrogen and oxygen atoms in total. The van der Waals surface area contributed by atoms with Gasteiger partial charge in [-0.15, -0.1) is 0 Å². The monoisotopic (exact) mass is 283 g/mol. The number of nitrogens with one attached hydrogen (secondary N) is 1. The predicted molar refractivity (Wildman–Crippen MR) is 70.4 cm³/mol. The zero-order chi connectivity index (χ0) is 11.5. The Labute approximate surface area is 105 Å². The van der Waals surface area contributed by atoms with E-state index >= 15 is 0 Å². The molecule has 2 unspecified atom stereocenters. The van der Waals surface area contributed by atoms with Crippen LogP contribution in [0.1, 0.15) is 11.6 Å². The van der Waals surface area contributed by atoms with Crippen LogP contribution in [-0.4, -0.2) is 37.6 Å². The Kier molecular flexibility index (Phi) is 3.97. The van der Waals surface area contributed by atoms with Gasteiger partial charge in [0.2, 0.25) is 0 Å². The third-order valence-corrected chi connectivity index (χ3v) is 3.96. The van der Waals surface area contributed by atoms with E-state index in [1.807, 2.05) is 18.2 Å². The molecule has 0 aromatic heterocycles. The van der Waals surface area contributed by atoms with Crippen molar-refractivity contribution >= 4 is 15.9 Å². The van der Waals surface area contributed by atoms with Crippen molar-refractivity contribution < 1.29 is 0 Å². The molecule has 3 N–H and O–H groups in total. The van der Waals surface area contributed by atoms with Gasteiger partial charge in [0.25, 0.3) is 0 Å². The van der Waals surface area contributed by atoms with E-state index in [4.69, 9.17) is 5.73 Å². The maximum absolute atomic E-state index is 6.35. The molecule has 16 heavy (non-hydrogen) atoms. The minimum atomic E-state index is 0.0494. The molecular weight excluding hydrogens is 266 g/mol. The molecule has 0 aliphatic carbocycles. The average molecular weight is 284 g/mol. The first-order valence-electron chi connectivity index (χ1n) is 5.61. The molecule has 4 heteroatoms. The molecule has 1 saturated heterocycles. The lowest BCUT2D eigenvalue weighted by Crippen LogP contribution is -2.53. The van der Waals surface area contributed by atoms with E-state index in [1.54, 1.807) is 0 Å². The zero-order valence-electron chi connectivity index (χ0n) is 9.49. The molecule has 1 fully saturated rings. The van der Waals surface area contributed by atoms with Gasteiger partial charge in [0, 0.05) is 36.2 Å². The van der Waals surface area contributed by atoms with Crippen molar-refractivity contribution in [2.24, 2.45) is 5.73 Å². The molecule has 0 bridgehead atoms. The van der Waals surface area contributed by atoms with Crippen LogP contribution in [0, 0.1) is 0 Å². The van der Waals surface area contributed by atoms with Crippen LogP contribution in [0.15, 0.2) is 28.7 Å². The standard InChI is InChI=1S/C12H18BrN3/c1-16-7-6-15-8-11(16)12(14)9-4-2-3-5-10(9)13/h2-5,11-12,15H,6-8,14H2,1H3. The summed E-state index contributed by atoms with van der Waals surface area (Å²) in [5.74, 6) is 0. The van der Waals surface area contributed by atoms with Crippen LogP contribution in [0.5, 0.6) is 0 Å². The molecular formula is C12H18BrN3. The summed E-state index contributed by atoms with van der Waals surface area (Å²) in [4.78, 5) is 2.33. The first-order chi connectivity index (χ1) is 7.70. The summed E-state index contributed by atoms with van der Waals surface area (Å²) in [6, 6.07) is 8.61. The van der Waals surface area contributed by atoms with Crippen LogP contribution in [0.3, 0.4) is 0 Å². The van der Waals surface area contributed by atoms with E-state index in [1.165, 1.54) is 5.56 Å². The van der Waals surface area contributed by atoms with Gasteiger partial charge in [-0.25, -0.2) is 0 Å². The van der Waals surface area contributed by atoms with Crippen molar-refractivity contribution in [3.05, 3.63) is 34.3 Å². The summed E-state index contributed by atoms with van der Waals surface area (Å²) < 4.78 is 1.10. The van der Waals surface area contributed by atoms with Gasteiger partial charge < -0.3 is 11.1 Å². The van der Waals surface area contributed by atoms with Gasteiger partial charge >= 0.3 is 0 Å². The predicted octanol–water partition coefficient (Wildman–Crippen LogP) is 1.35. The second kappa shape index (κ2) is 5.27. The number of halogens is 1. The topological polar surface area (TPSA) is 41.3 Å². The lowest BCUT2D eigenvalue weighted by Gasteiger charge is -2.37. The van der Waals surface area contributed by atoms with Gasteiger partial charge in [0.15, 0.2) is 0 Å². The maximum Gasteiger partial charge on any atom is 0.0476 e. The number of rotatable bonds is 2. The van der Waals surface area contributed by atoms with Crippen molar-refractivity contribution in [1.82, 2.24) is 10.2 Å². The Balaban J connectivity index is 2.17. The van der Waals surface area contributed by atoms with Crippen molar-refractivity contribution in [2.45, 2.75) is 12.1 Å². The Morgan fingerprint density at radius 1 is 1.50 bits per heavy atom. The summed E-state index contributed by atoms with van der Waals surface area (Å²) in [7, 11) is 2.14.